The second-order valence-electron chi connectivity index (χ2n) is 7.07. The molecule has 2 saturated heterocycles. The predicted molar refractivity (Wildman–Crippen MR) is 74.4 cm³/mol. The standard InChI is InChI=1S/C15H28N2O/c1-5-15(8-6-9-16-15)13(18)17-10-7-12(11-17)14(2,3)4/h12,16H,5-11H2,1-4H3. The third-order valence-electron chi connectivity index (χ3n) is 4.96. The highest BCUT2D eigenvalue weighted by molar-refractivity contribution is 5.87. The van der Waals surface area contributed by atoms with Gasteiger partial charge >= 0.3 is 0 Å². The monoisotopic (exact) mass is 252 g/mol. The van der Waals surface area contributed by atoms with Crippen LogP contribution < -0.4 is 5.32 Å². The predicted octanol–water partition coefficient (Wildman–Crippen LogP) is 2.41. The van der Waals surface area contributed by atoms with Crippen LogP contribution in [-0.2, 0) is 4.79 Å². The Morgan fingerprint density at radius 1 is 1.44 bits per heavy atom. The minimum absolute atomic E-state index is 0.243. The molecule has 0 saturated carbocycles. The highest BCUT2D eigenvalue weighted by atomic mass is 16.2. The Kier molecular flexibility index (Phi) is 3.72. The highest BCUT2D eigenvalue weighted by Gasteiger charge is 2.44. The van der Waals surface area contributed by atoms with E-state index in [1.165, 1.54) is 0 Å². The molecule has 2 heterocycles. The van der Waals surface area contributed by atoms with Crippen molar-refractivity contribution < 1.29 is 4.79 Å². The number of rotatable bonds is 2. The summed E-state index contributed by atoms with van der Waals surface area (Å²) < 4.78 is 0. The first-order valence-corrected chi connectivity index (χ1v) is 7.43. The minimum atomic E-state index is -0.243. The Morgan fingerprint density at radius 2 is 2.17 bits per heavy atom. The van der Waals surface area contributed by atoms with Gasteiger partial charge in [0, 0.05) is 13.1 Å². The molecule has 2 aliphatic heterocycles. The van der Waals surface area contributed by atoms with Crippen molar-refractivity contribution in [3.8, 4) is 0 Å². The average molecular weight is 252 g/mol. The van der Waals surface area contributed by atoms with E-state index in [0.29, 0.717) is 17.2 Å². The van der Waals surface area contributed by atoms with Gasteiger partial charge in [-0.15, -0.1) is 0 Å². The van der Waals surface area contributed by atoms with Gasteiger partial charge in [-0.1, -0.05) is 27.7 Å². The second-order valence-corrected chi connectivity index (χ2v) is 7.07. The molecule has 1 amide bonds. The number of hydrogen-bond acceptors (Lipinski definition) is 2. The van der Waals surface area contributed by atoms with Crippen LogP contribution in [0.2, 0.25) is 0 Å². The van der Waals surface area contributed by atoms with E-state index in [4.69, 9.17) is 0 Å². The molecule has 0 aromatic rings. The van der Waals surface area contributed by atoms with Gasteiger partial charge in [0.15, 0.2) is 0 Å². The lowest BCUT2D eigenvalue weighted by Gasteiger charge is -2.33. The van der Waals surface area contributed by atoms with Gasteiger partial charge in [0.2, 0.25) is 5.91 Å². The van der Waals surface area contributed by atoms with Gasteiger partial charge in [-0.2, -0.15) is 0 Å². The van der Waals surface area contributed by atoms with Crippen molar-refractivity contribution in [1.82, 2.24) is 10.2 Å². The summed E-state index contributed by atoms with van der Waals surface area (Å²) in [5, 5.41) is 3.46. The molecule has 2 unspecified atom stereocenters. The SMILES string of the molecule is CCC1(C(=O)N2CCC(C(C)(C)C)C2)CCCN1. The molecular formula is C15H28N2O. The third kappa shape index (κ3) is 2.42. The lowest BCUT2D eigenvalue weighted by atomic mass is 9.80. The lowest BCUT2D eigenvalue weighted by Crippen LogP contribution is -2.54. The number of amides is 1. The van der Waals surface area contributed by atoms with Crippen LogP contribution >= 0.6 is 0 Å². The van der Waals surface area contributed by atoms with Crippen molar-refractivity contribution in [3.63, 3.8) is 0 Å². The molecule has 2 rings (SSSR count). The molecule has 0 radical (unpaired) electrons. The van der Waals surface area contributed by atoms with Gasteiger partial charge in [-0.25, -0.2) is 0 Å². The first-order chi connectivity index (χ1) is 8.39. The van der Waals surface area contributed by atoms with Crippen molar-refractivity contribution in [3.05, 3.63) is 0 Å². The summed E-state index contributed by atoms with van der Waals surface area (Å²) in [6.45, 7) is 11.9. The molecule has 0 aromatic carbocycles. The van der Waals surface area contributed by atoms with Gasteiger partial charge in [0.05, 0.1) is 5.54 Å². The Balaban J connectivity index is 2.03. The quantitative estimate of drug-likeness (QED) is 0.818. The molecule has 0 spiro atoms. The van der Waals surface area contributed by atoms with Crippen LogP contribution in [0.3, 0.4) is 0 Å². The van der Waals surface area contributed by atoms with Crippen molar-refractivity contribution in [1.29, 1.82) is 0 Å². The van der Waals surface area contributed by atoms with E-state index in [9.17, 15) is 4.79 Å². The Bertz CT molecular complexity index is 313. The van der Waals surface area contributed by atoms with E-state index in [1.807, 2.05) is 0 Å². The maximum absolute atomic E-state index is 12.7. The number of carbonyl (C=O) groups is 1. The topological polar surface area (TPSA) is 32.3 Å². The van der Waals surface area contributed by atoms with Crippen LogP contribution in [0.25, 0.3) is 0 Å². The number of carbonyl (C=O) groups excluding carboxylic acids is 1. The fraction of sp³-hybridized carbons (Fsp3) is 0.933. The van der Waals surface area contributed by atoms with Gasteiger partial charge in [-0.05, 0) is 43.6 Å². The van der Waals surface area contributed by atoms with E-state index in [2.05, 4.69) is 37.9 Å². The highest BCUT2D eigenvalue weighted by Crippen LogP contribution is 2.35. The molecule has 2 aliphatic rings. The van der Waals surface area contributed by atoms with E-state index in [0.717, 1.165) is 45.3 Å². The van der Waals surface area contributed by atoms with Crippen LogP contribution in [0.1, 0.15) is 53.4 Å². The number of hydrogen-bond donors (Lipinski definition) is 1. The van der Waals surface area contributed by atoms with Crippen LogP contribution in [0, 0.1) is 11.3 Å². The fourth-order valence-corrected chi connectivity index (χ4v) is 3.40. The van der Waals surface area contributed by atoms with Crippen LogP contribution in [0.5, 0.6) is 0 Å². The van der Waals surface area contributed by atoms with E-state index < -0.39 is 0 Å². The van der Waals surface area contributed by atoms with E-state index in [-0.39, 0.29) is 5.54 Å². The molecule has 104 valence electrons. The van der Waals surface area contributed by atoms with Crippen molar-refractivity contribution in [2.75, 3.05) is 19.6 Å². The molecule has 1 N–H and O–H groups in total. The summed E-state index contributed by atoms with van der Waals surface area (Å²) in [6, 6.07) is 0. The zero-order chi connectivity index (χ0) is 13.4. The summed E-state index contributed by atoms with van der Waals surface area (Å²) in [5.74, 6) is 1.01. The zero-order valence-electron chi connectivity index (χ0n) is 12.4. The zero-order valence-corrected chi connectivity index (χ0v) is 12.4. The first kappa shape index (κ1) is 13.9. The van der Waals surface area contributed by atoms with Gasteiger partial charge in [-0.3, -0.25) is 4.79 Å². The molecule has 0 bridgehead atoms. The summed E-state index contributed by atoms with van der Waals surface area (Å²) in [4.78, 5) is 14.8. The molecule has 2 atom stereocenters. The maximum Gasteiger partial charge on any atom is 0.242 e. The van der Waals surface area contributed by atoms with Gasteiger partial charge in [0.1, 0.15) is 0 Å². The number of likely N-dealkylation sites (tertiary alicyclic amines) is 1. The molecule has 0 aromatic heterocycles. The molecule has 0 aliphatic carbocycles. The second kappa shape index (κ2) is 4.84. The Labute approximate surface area is 111 Å². The van der Waals surface area contributed by atoms with Crippen LogP contribution in [0.15, 0.2) is 0 Å². The van der Waals surface area contributed by atoms with E-state index >= 15 is 0 Å². The average Bonchev–Trinajstić information content (AvgIpc) is 2.97. The number of nitrogens with zero attached hydrogens (tertiary/aromatic N) is 1. The smallest absolute Gasteiger partial charge is 0.242 e. The van der Waals surface area contributed by atoms with Gasteiger partial charge < -0.3 is 10.2 Å². The van der Waals surface area contributed by atoms with Crippen LogP contribution in [0.4, 0.5) is 0 Å². The largest absolute Gasteiger partial charge is 0.341 e. The molecule has 2 fully saturated rings. The summed E-state index contributed by atoms with van der Waals surface area (Å²) in [7, 11) is 0. The van der Waals surface area contributed by atoms with Crippen molar-refractivity contribution in [2.45, 2.75) is 58.9 Å². The van der Waals surface area contributed by atoms with E-state index in [1.54, 1.807) is 0 Å². The number of nitrogens with one attached hydrogen (secondary N) is 1. The molecule has 3 heteroatoms. The minimum Gasteiger partial charge on any atom is -0.341 e. The summed E-state index contributed by atoms with van der Waals surface area (Å²) in [6.07, 6.45) is 4.23. The van der Waals surface area contributed by atoms with Crippen molar-refractivity contribution in [2.24, 2.45) is 11.3 Å². The first-order valence-electron chi connectivity index (χ1n) is 7.43. The summed E-state index contributed by atoms with van der Waals surface area (Å²) in [5.41, 5.74) is 0.0737. The Hall–Kier alpha value is -0.570. The third-order valence-corrected chi connectivity index (χ3v) is 4.96. The van der Waals surface area contributed by atoms with Gasteiger partial charge in [0.25, 0.3) is 0 Å². The molecule has 18 heavy (non-hydrogen) atoms. The maximum atomic E-state index is 12.7. The Morgan fingerprint density at radius 3 is 2.61 bits per heavy atom. The molecular weight excluding hydrogens is 224 g/mol. The fourth-order valence-electron chi connectivity index (χ4n) is 3.40. The summed E-state index contributed by atoms with van der Waals surface area (Å²) >= 11 is 0. The normalized spacial score (nSPS) is 33.1. The molecule has 3 nitrogen and oxygen atoms in total. The van der Waals surface area contributed by atoms with Crippen molar-refractivity contribution >= 4 is 5.91 Å². The van der Waals surface area contributed by atoms with Crippen LogP contribution in [-0.4, -0.2) is 36.0 Å². The lowest BCUT2D eigenvalue weighted by molar-refractivity contribution is -0.137.